The molecule has 0 unspecified atom stereocenters. The average Bonchev–Trinajstić information content (AvgIpc) is 2.35. The van der Waals surface area contributed by atoms with Crippen molar-refractivity contribution in [3.05, 3.63) is 24.3 Å². The van der Waals surface area contributed by atoms with Crippen LogP contribution in [0.4, 0.5) is 5.69 Å². The van der Waals surface area contributed by atoms with Gasteiger partial charge in [-0.15, -0.1) is 0 Å². The number of hydrogen-bond donors (Lipinski definition) is 3. The first kappa shape index (κ1) is 14.9. The summed E-state index contributed by atoms with van der Waals surface area (Å²) >= 11 is 0. The first-order valence-electron chi connectivity index (χ1n) is 6.14. The van der Waals surface area contributed by atoms with E-state index in [4.69, 9.17) is 5.73 Å². The molecule has 0 atom stereocenters. The third-order valence-corrected chi connectivity index (χ3v) is 4.02. The van der Waals surface area contributed by atoms with Gasteiger partial charge in [-0.3, -0.25) is 0 Å². The predicted molar refractivity (Wildman–Crippen MR) is 74.1 cm³/mol. The largest absolute Gasteiger partial charge is 0.385 e. The second-order valence-corrected chi connectivity index (χ2v) is 5.72. The van der Waals surface area contributed by atoms with Crippen molar-refractivity contribution in [1.29, 1.82) is 0 Å². The fourth-order valence-electron chi connectivity index (χ4n) is 1.53. The molecule has 1 rings (SSSR count). The van der Waals surface area contributed by atoms with Crippen LogP contribution in [0.5, 0.6) is 0 Å². The maximum absolute atomic E-state index is 11.7. The minimum Gasteiger partial charge on any atom is -0.385 e. The molecule has 0 heterocycles. The zero-order chi connectivity index (χ0) is 13.4. The van der Waals surface area contributed by atoms with E-state index in [1.165, 1.54) is 0 Å². The van der Waals surface area contributed by atoms with E-state index in [1.807, 2.05) is 0 Å². The molecule has 0 saturated carbocycles. The molecule has 1 aromatic rings. The molecule has 0 bridgehead atoms. The Labute approximate surface area is 109 Å². The van der Waals surface area contributed by atoms with Gasteiger partial charge in [-0.05, 0) is 43.7 Å². The number of rotatable bonds is 8. The number of nitrogens with one attached hydrogen (secondary N) is 2. The van der Waals surface area contributed by atoms with Gasteiger partial charge in [0.2, 0.25) is 10.0 Å². The highest BCUT2D eigenvalue weighted by molar-refractivity contribution is 7.89. The van der Waals surface area contributed by atoms with Gasteiger partial charge in [0, 0.05) is 18.8 Å². The molecule has 102 valence electrons. The van der Waals surface area contributed by atoms with Crippen LogP contribution in [0.2, 0.25) is 0 Å². The van der Waals surface area contributed by atoms with Gasteiger partial charge in [0.25, 0.3) is 0 Å². The number of benzene rings is 1. The summed E-state index contributed by atoms with van der Waals surface area (Å²) in [6.07, 6.45) is 1.99. The summed E-state index contributed by atoms with van der Waals surface area (Å²) in [5.74, 6) is 0. The second-order valence-electron chi connectivity index (χ2n) is 3.95. The average molecular weight is 271 g/mol. The summed E-state index contributed by atoms with van der Waals surface area (Å²) in [6.45, 7) is 3.68. The standard InChI is InChI=1S/C12H21N3O2S/c1-2-15-18(16,17)12-7-5-11(6-8-12)14-10-4-3-9-13/h5-8,14-15H,2-4,9-10,13H2,1H3. The molecule has 0 saturated heterocycles. The summed E-state index contributed by atoms with van der Waals surface area (Å²) in [6, 6.07) is 6.74. The summed E-state index contributed by atoms with van der Waals surface area (Å²) in [5, 5.41) is 3.22. The lowest BCUT2D eigenvalue weighted by Crippen LogP contribution is -2.23. The third kappa shape index (κ3) is 4.64. The number of sulfonamides is 1. The van der Waals surface area contributed by atoms with E-state index in [2.05, 4.69) is 10.0 Å². The lowest BCUT2D eigenvalue weighted by Gasteiger charge is -2.08. The summed E-state index contributed by atoms with van der Waals surface area (Å²) in [7, 11) is -3.35. The highest BCUT2D eigenvalue weighted by atomic mass is 32.2. The Hall–Kier alpha value is -1.11. The summed E-state index contributed by atoms with van der Waals surface area (Å²) < 4.78 is 25.9. The Morgan fingerprint density at radius 2 is 1.83 bits per heavy atom. The summed E-state index contributed by atoms with van der Waals surface area (Å²) in [4.78, 5) is 0.289. The van der Waals surface area contributed by atoms with E-state index in [0.29, 0.717) is 13.1 Å². The second kappa shape index (κ2) is 7.35. The van der Waals surface area contributed by atoms with Crippen LogP contribution >= 0.6 is 0 Å². The topological polar surface area (TPSA) is 84.2 Å². The smallest absolute Gasteiger partial charge is 0.240 e. The SMILES string of the molecule is CCNS(=O)(=O)c1ccc(NCCCCN)cc1. The van der Waals surface area contributed by atoms with E-state index in [0.717, 1.165) is 25.1 Å². The molecule has 6 heteroatoms. The molecule has 18 heavy (non-hydrogen) atoms. The van der Waals surface area contributed by atoms with Gasteiger partial charge >= 0.3 is 0 Å². The summed E-state index contributed by atoms with van der Waals surface area (Å²) in [5.41, 5.74) is 6.32. The molecule has 4 N–H and O–H groups in total. The molecule has 0 spiro atoms. The van der Waals surface area contributed by atoms with Crippen LogP contribution in [-0.4, -0.2) is 28.1 Å². The highest BCUT2D eigenvalue weighted by Crippen LogP contribution is 2.13. The van der Waals surface area contributed by atoms with Crippen molar-refractivity contribution < 1.29 is 8.42 Å². The van der Waals surface area contributed by atoms with E-state index in [9.17, 15) is 8.42 Å². The number of hydrogen-bond acceptors (Lipinski definition) is 4. The Bertz CT molecular complexity index is 443. The Balaban J connectivity index is 2.57. The zero-order valence-corrected chi connectivity index (χ0v) is 11.5. The minimum atomic E-state index is -3.35. The quantitative estimate of drug-likeness (QED) is 0.619. The van der Waals surface area contributed by atoms with Gasteiger partial charge < -0.3 is 11.1 Å². The molecule has 0 amide bonds. The van der Waals surface area contributed by atoms with Crippen LogP contribution in [0.25, 0.3) is 0 Å². The predicted octanol–water partition coefficient (Wildman–Crippen LogP) is 1.14. The molecule has 0 aromatic heterocycles. The fraction of sp³-hybridized carbons (Fsp3) is 0.500. The van der Waals surface area contributed by atoms with Crippen LogP contribution in [0.15, 0.2) is 29.2 Å². The van der Waals surface area contributed by atoms with Crippen molar-refractivity contribution in [1.82, 2.24) is 4.72 Å². The van der Waals surface area contributed by atoms with Crippen LogP contribution < -0.4 is 15.8 Å². The van der Waals surface area contributed by atoms with Gasteiger partial charge in [0.05, 0.1) is 4.90 Å². The van der Waals surface area contributed by atoms with Gasteiger partial charge in [-0.1, -0.05) is 6.92 Å². The third-order valence-electron chi connectivity index (χ3n) is 2.46. The molecular weight excluding hydrogens is 250 g/mol. The van der Waals surface area contributed by atoms with Crippen molar-refractivity contribution in [2.45, 2.75) is 24.7 Å². The molecule has 0 aliphatic heterocycles. The van der Waals surface area contributed by atoms with E-state index < -0.39 is 10.0 Å². The zero-order valence-electron chi connectivity index (χ0n) is 10.6. The van der Waals surface area contributed by atoms with Crippen molar-refractivity contribution in [3.8, 4) is 0 Å². The highest BCUT2D eigenvalue weighted by Gasteiger charge is 2.11. The Morgan fingerprint density at radius 1 is 1.17 bits per heavy atom. The first-order valence-corrected chi connectivity index (χ1v) is 7.62. The van der Waals surface area contributed by atoms with Crippen LogP contribution in [0.1, 0.15) is 19.8 Å². The lowest BCUT2D eigenvalue weighted by atomic mass is 10.3. The van der Waals surface area contributed by atoms with Crippen molar-refractivity contribution >= 4 is 15.7 Å². The van der Waals surface area contributed by atoms with E-state index in [1.54, 1.807) is 31.2 Å². The lowest BCUT2D eigenvalue weighted by molar-refractivity contribution is 0.584. The Morgan fingerprint density at radius 3 is 2.39 bits per heavy atom. The van der Waals surface area contributed by atoms with E-state index >= 15 is 0 Å². The van der Waals surface area contributed by atoms with Crippen LogP contribution in [0, 0.1) is 0 Å². The van der Waals surface area contributed by atoms with Crippen molar-refractivity contribution in [2.75, 3.05) is 25.0 Å². The normalized spacial score (nSPS) is 11.4. The maximum atomic E-state index is 11.7. The Kier molecular flexibility index (Phi) is 6.11. The van der Waals surface area contributed by atoms with Crippen molar-refractivity contribution in [3.63, 3.8) is 0 Å². The van der Waals surface area contributed by atoms with Gasteiger partial charge in [0.15, 0.2) is 0 Å². The molecule has 0 fully saturated rings. The molecule has 0 radical (unpaired) electrons. The minimum absolute atomic E-state index is 0.289. The first-order chi connectivity index (χ1) is 8.60. The van der Waals surface area contributed by atoms with Crippen LogP contribution in [0.3, 0.4) is 0 Å². The number of unbranched alkanes of at least 4 members (excludes halogenated alkanes) is 1. The van der Waals surface area contributed by atoms with E-state index in [-0.39, 0.29) is 4.90 Å². The molecule has 1 aromatic carbocycles. The van der Waals surface area contributed by atoms with Crippen molar-refractivity contribution in [2.24, 2.45) is 5.73 Å². The fourth-order valence-corrected chi connectivity index (χ4v) is 2.57. The maximum Gasteiger partial charge on any atom is 0.240 e. The monoisotopic (exact) mass is 271 g/mol. The number of nitrogens with two attached hydrogens (primary N) is 1. The molecule has 0 aliphatic rings. The number of anilines is 1. The molecule has 5 nitrogen and oxygen atoms in total. The van der Waals surface area contributed by atoms with Gasteiger partial charge in [0.1, 0.15) is 0 Å². The van der Waals surface area contributed by atoms with Gasteiger partial charge in [-0.25, -0.2) is 13.1 Å². The van der Waals surface area contributed by atoms with Gasteiger partial charge in [-0.2, -0.15) is 0 Å². The van der Waals surface area contributed by atoms with Crippen LogP contribution in [-0.2, 0) is 10.0 Å². The molecule has 0 aliphatic carbocycles. The molecular formula is C12H21N3O2S.